The molecule has 0 unspecified atom stereocenters. The topological polar surface area (TPSA) is 81.9 Å². The van der Waals surface area contributed by atoms with Crippen LogP contribution in [0.15, 0.2) is 54.9 Å². The number of amides is 1. The highest BCUT2D eigenvalue weighted by Gasteiger charge is 2.06. The minimum atomic E-state index is -0.234. The number of tetrazole rings is 1. The Hall–Kier alpha value is -3.22. The summed E-state index contributed by atoms with van der Waals surface area (Å²) in [6, 6.07) is 15.0. The number of hydrogen-bond acceptors (Lipinski definition) is 5. The van der Waals surface area contributed by atoms with Crippen LogP contribution in [0, 0.1) is 0 Å². The first-order chi connectivity index (χ1) is 12.1. The van der Waals surface area contributed by atoms with Crippen LogP contribution in [-0.2, 0) is 4.79 Å². The van der Waals surface area contributed by atoms with Crippen molar-refractivity contribution in [2.45, 2.75) is 19.8 Å². The van der Waals surface area contributed by atoms with Crippen molar-refractivity contribution in [3.05, 3.63) is 60.4 Å². The van der Waals surface area contributed by atoms with E-state index < -0.39 is 0 Å². The predicted molar refractivity (Wildman–Crippen MR) is 93.8 cm³/mol. The summed E-state index contributed by atoms with van der Waals surface area (Å²) in [5.74, 6) is 0.897. The van der Waals surface area contributed by atoms with E-state index in [9.17, 15) is 4.79 Å². The minimum Gasteiger partial charge on any atom is -0.484 e. The molecule has 1 heterocycles. The second kappa shape index (κ2) is 7.57. The third-order valence-electron chi connectivity index (χ3n) is 3.66. The maximum absolute atomic E-state index is 12.1. The van der Waals surface area contributed by atoms with E-state index in [0.717, 1.165) is 5.69 Å². The molecule has 128 valence electrons. The van der Waals surface area contributed by atoms with E-state index in [0.29, 0.717) is 17.4 Å². The van der Waals surface area contributed by atoms with Gasteiger partial charge in [0.25, 0.3) is 5.91 Å². The van der Waals surface area contributed by atoms with Crippen LogP contribution in [0.4, 0.5) is 5.69 Å². The van der Waals surface area contributed by atoms with Gasteiger partial charge in [0.05, 0.1) is 5.69 Å². The largest absolute Gasteiger partial charge is 0.484 e. The number of ether oxygens (including phenoxy) is 1. The molecule has 0 aliphatic rings. The molecular weight excluding hydrogens is 318 g/mol. The van der Waals surface area contributed by atoms with Crippen LogP contribution in [0.3, 0.4) is 0 Å². The molecular formula is C18H19N5O2. The van der Waals surface area contributed by atoms with Crippen molar-refractivity contribution in [2.24, 2.45) is 0 Å². The van der Waals surface area contributed by atoms with E-state index in [-0.39, 0.29) is 12.5 Å². The van der Waals surface area contributed by atoms with Crippen LogP contribution in [0.5, 0.6) is 5.75 Å². The van der Waals surface area contributed by atoms with Gasteiger partial charge in [-0.3, -0.25) is 4.79 Å². The van der Waals surface area contributed by atoms with Gasteiger partial charge in [0.15, 0.2) is 6.61 Å². The summed E-state index contributed by atoms with van der Waals surface area (Å²) < 4.78 is 7.04. The molecule has 0 aliphatic heterocycles. The van der Waals surface area contributed by atoms with Crippen LogP contribution in [0.25, 0.3) is 5.69 Å². The van der Waals surface area contributed by atoms with Gasteiger partial charge < -0.3 is 10.1 Å². The maximum Gasteiger partial charge on any atom is 0.262 e. The zero-order valence-corrected chi connectivity index (χ0v) is 14.1. The van der Waals surface area contributed by atoms with Gasteiger partial charge >= 0.3 is 0 Å². The molecule has 0 radical (unpaired) electrons. The molecule has 0 spiro atoms. The van der Waals surface area contributed by atoms with E-state index in [1.54, 1.807) is 12.1 Å². The van der Waals surface area contributed by atoms with Gasteiger partial charge in [-0.15, -0.1) is 5.10 Å². The van der Waals surface area contributed by atoms with Gasteiger partial charge in [0.1, 0.15) is 12.1 Å². The standard InChI is InChI=1S/C18H19N5O2/c1-13(2)14-6-8-17(9-7-14)25-11-18(24)20-15-4-3-5-16(10-15)23-12-19-21-22-23/h3-10,12-13H,11H2,1-2H3,(H,20,24). The van der Waals surface area contributed by atoms with Crippen molar-refractivity contribution in [3.63, 3.8) is 0 Å². The second-order valence-electron chi connectivity index (χ2n) is 5.87. The first kappa shape index (κ1) is 16.6. The van der Waals surface area contributed by atoms with E-state index >= 15 is 0 Å². The molecule has 1 aromatic heterocycles. The van der Waals surface area contributed by atoms with Crippen molar-refractivity contribution in [1.29, 1.82) is 0 Å². The SMILES string of the molecule is CC(C)c1ccc(OCC(=O)Nc2cccc(-n3cnnn3)c2)cc1. The molecule has 1 amide bonds. The van der Waals surface area contributed by atoms with Gasteiger partial charge in [0.2, 0.25) is 0 Å². The average Bonchev–Trinajstić information content (AvgIpc) is 3.15. The summed E-state index contributed by atoms with van der Waals surface area (Å²) >= 11 is 0. The molecule has 0 atom stereocenters. The van der Waals surface area contributed by atoms with E-state index in [2.05, 4.69) is 34.7 Å². The Bertz CT molecular complexity index is 829. The summed E-state index contributed by atoms with van der Waals surface area (Å²) in [5, 5.41) is 13.8. The lowest BCUT2D eigenvalue weighted by Crippen LogP contribution is -2.20. The number of aromatic nitrogens is 4. The summed E-state index contributed by atoms with van der Waals surface area (Å²) in [7, 11) is 0. The van der Waals surface area contributed by atoms with Gasteiger partial charge in [-0.05, 0) is 52.2 Å². The first-order valence-corrected chi connectivity index (χ1v) is 7.98. The Labute approximate surface area is 145 Å². The Morgan fingerprint density at radius 3 is 2.68 bits per heavy atom. The molecule has 0 fully saturated rings. The zero-order valence-electron chi connectivity index (χ0n) is 14.1. The van der Waals surface area contributed by atoms with Crippen molar-refractivity contribution >= 4 is 11.6 Å². The summed E-state index contributed by atoms with van der Waals surface area (Å²) in [6.45, 7) is 4.20. The van der Waals surface area contributed by atoms with Crippen molar-refractivity contribution in [2.75, 3.05) is 11.9 Å². The number of carbonyl (C=O) groups is 1. The average molecular weight is 337 g/mol. The van der Waals surface area contributed by atoms with Crippen LogP contribution >= 0.6 is 0 Å². The summed E-state index contributed by atoms with van der Waals surface area (Å²) in [5.41, 5.74) is 2.64. The van der Waals surface area contributed by atoms with Gasteiger partial charge in [-0.2, -0.15) is 0 Å². The smallest absolute Gasteiger partial charge is 0.262 e. The molecule has 0 bridgehead atoms. The molecule has 3 aromatic rings. The second-order valence-corrected chi connectivity index (χ2v) is 5.87. The molecule has 7 heteroatoms. The Kier molecular flexibility index (Phi) is 5.03. The van der Waals surface area contributed by atoms with Gasteiger partial charge in [0, 0.05) is 5.69 Å². The van der Waals surface area contributed by atoms with Crippen LogP contribution in [0.1, 0.15) is 25.3 Å². The highest BCUT2D eigenvalue weighted by molar-refractivity contribution is 5.92. The predicted octanol–water partition coefficient (Wildman–Crippen LogP) is 2.80. The minimum absolute atomic E-state index is 0.0594. The third kappa shape index (κ3) is 4.41. The molecule has 1 N–H and O–H groups in total. The Balaban J connectivity index is 1.57. The van der Waals surface area contributed by atoms with Crippen LogP contribution < -0.4 is 10.1 Å². The van der Waals surface area contributed by atoms with E-state index in [4.69, 9.17) is 4.74 Å². The molecule has 25 heavy (non-hydrogen) atoms. The highest BCUT2D eigenvalue weighted by Crippen LogP contribution is 2.18. The van der Waals surface area contributed by atoms with Crippen LogP contribution in [0.2, 0.25) is 0 Å². The Morgan fingerprint density at radius 1 is 1.20 bits per heavy atom. The fourth-order valence-corrected chi connectivity index (χ4v) is 2.30. The van der Waals surface area contributed by atoms with E-state index in [1.165, 1.54) is 16.6 Å². The lowest BCUT2D eigenvalue weighted by molar-refractivity contribution is -0.118. The first-order valence-electron chi connectivity index (χ1n) is 7.98. The van der Waals surface area contributed by atoms with Crippen molar-refractivity contribution in [3.8, 4) is 11.4 Å². The molecule has 0 aliphatic carbocycles. The summed E-state index contributed by atoms with van der Waals surface area (Å²) in [4.78, 5) is 12.1. The van der Waals surface area contributed by atoms with Crippen molar-refractivity contribution < 1.29 is 9.53 Å². The quantitative estimate of drug-likeness (QED) is 0.748. The monoisotopic (exact) mass is 337 g/mol. The number of anilines is 1. The number of nitrogens with one attached hydrogen (secondary N) is 1. The molecule has 0 saturated carbocycles. The number of nitrogens with zero attached hydrogens (tertiary/aromatic N) is 4. The Morgan fingerprint density at radius 2 is 2.00 bits per heavy atom. The fourth-order valence-electron chi connectivity index (χ4n) is 2.30. The number of hydrogen-bond donors (Lipinski definition) is 1. The van der Waals surface area contributed by atoms with Crippen LogP contribution in [-0.4, -0.2) is 32.7 Å². The normalized spacial score (nSPS) is 10.7. The molecule has 7 nitrogen and oxygen atoms in total. The zero-order chi connectivity index (χ0) is 17.6. The highest BCUT2D eigenvalue weighted by atomic mass is 16.5. The van der Waals surface area contributed by atoms with E-state index in [1.807, 2.05) is 36.4 Å². The third-order valence-corrected chi connectivity index (χ3v) is 3.66. The lowest BCUT2D eigenvalue weighted by atomic mass is 10.0. The molecule has 2 aromatic carbocycles. The maximum atomic E-state index is 12.1. The van der Waals surface area contributed by atoms with Gasteiger partial charge in [-0.1, -0.05) is 32.0 Å². The van der Waals surface area contributed by atoms with Gasteiger partial charge in [-0.25, -0.2) is 4.68 Å². The molecule has 0 saturated heterocycles. The molecule has 3 rings (SSSR count). The fraction of sp³-hybridized carbons (Fsp3) is 0.222. The summed E-state index contributed by atoms with van der Waals surface area (Å²) in [6.07, 6.45) is 1.49. The number of carbonyl (C=O) groups excluding carboxylic acids is 1. The number of benzene rings is 2. The number of rotatable bonds is 6. The van der Waals surface area contributed by atoms with Crippen molar-refractivity contribution in [1.82, 2.24) is 20.2 Å². The lowest BCUT2D eigenvalue weighted by Gasteiger charge is -2.10.